The monoisotopic (exact) mass is 224 g/mol. The van der Waals surface area contributed by atoms with Gasteiger partial charge >= 0.3 is 0 Å². The summed E-state index contributed by atoms with van der Waals surface area (Å²) in [6.45, 7) is 6.99. The maximum Gasteiger partial charge on any atom is 0.137 e. The fourth-order valence-corrected chi connectivity index (χ4v) is 2.94. The van der Waals surface area contributed by atoms with Crippen LogP contribution >= 0.6 is 0 Å². The van der Waals surface area contributed by atoms with Gasteiger partial charge in [-0.25, -0.2) is 0 Å². The standard InChI is InChI=1S/C13H20O3/c1-8(14)5-6-10-11(16)7-13(3,4)12(10)9(2)15/h10,12H,5-7H2,1-4H3. The number of hydrogen-bond acceptors (Lipinski definition) is 3. The van der Waals surface area contributed by atoms with Crippen molar-refractivity contribution in [3.8, 4) is 0 Å². The van der Waals surface area contributed by atoms with Gasteiger partial charge in [-0.15, -0.1) is 0 Å². The van der Waals surface area contributed by atoms with E-state index < -0.39 is 0 Å². The molecule has 90 valence electrons. The van der Waals surface area contributed by atoms with Crippen molar-refractivity contribution in [3.63, 3.8) is 0 Å². The number of carbonyl (C=O) groups excluding carboxylic acids is 3. The maximum atomic E-state index is 11.9. The average molecular weight is 224 g/mol. The second-order valence-corrected chi connectivity index (χ2v) is 5.57. The van der Waals surface area contributed by atoms with E-state index in [0.29, 0.717) is 19.3 Å². The molecule has 0 aliphatic heterocycles. The van der Waals surface area contributed by atoms with Crippen molar-refractivity contribution in [1.82, 2.24) is 0 Å². The smallest absolute Gasteiger partial charge is 0.137 e. The molecule has 0 bridgehead atoms. The molecule has 0 amide bonds. The second kappa shape index (κ2) is 4.48. The lowest BCUT2D eigenvalue weighted by Crippen LogP contribution is -2.29. The molecule has 0 saturated heterocycles. The number of rotatable bonds is 4. The van der Waals surface area contributed by atoms with Crippen molar-refractivity contribution < 1.29 is 14.4 Å². The molecule has 0 aromatic carbocycles. The van der Waals surface area contributed by atoms with Gasteiger partial charge in [-0.1, -0.05) is 13.8 Å². The Morgan fingerprint density at radius 1 is 1.31 bits per heavy atom. The van der Waals surface area contributed by atoms with Gasteiger partial charge in [0.2, 0.25) is 0 Å². The van der Waals surface area contributed by atoms with Crippen LogP contribution in [0.25, 0.3) is 0 Å². The van der Waals surface area contributed by atoms with Gasteiger partial charge in [-0.2, -0.15) is 0 Å². The minimum absolute atomic E-state index is 0.0735. The first kappa shape index (κ1) is 13.1. The van der Waals surface area contributed by atoms with E-state index in [9.17, 15) is 14.4 Å². The first-order valence-corrected chi connectivity index (χ1v) is 5.78. The molecule has 3 nitrogen and oxygen atoms in total. The van der Waals surface area contributed by atoms with Crippen LogP contribution in [-0.4, -0.2) is 17.3 Å². The normalized spacial score (nSPS) is 28.1. The Labute approximate surface area is 96.6 Å². The molecule has 16 heavy (non-hydrogen) atoms. The van der Waals surface area contributed by atoms with Gasteiger partial charge in [0, 0.05) is 24.7 Å². The molecule has 1 aliphatic carbocycles. The van der Waals surface area contributed by atoms with Crippen LogP contribution in [0.2, 0.25) is 0 Å². The maximum absolute atomic E-state index is 11.9. The van der Waals surface area contributed by atoms with Gasteiger partial charge in [-0.3, -0.25) is 9.59 Å². The highest BCUT2D eigenvalue weighted by Crippen LogP contribution is 2.46. The molecule has 0 radical (unpaired) electrons. The van der Waals surface area contributed by atoms with E-state index in [1.807, 2.05) is 13.8 Å². The predicted octanol–water partition coefficient (Wildman–Crippen LogP) is 2.18. The van der Waals surface area contributed by atoms with E-state index in [0.717, 1.165) is 0 Å². The number of carbonyl (C=O) groups is 3. The largest absolute Gasteiger partial charge is 0.300 e. The quantitative estimate of drug-likeness (QED) is 0.735. The topological polar surface area (TPSA) is 51.2 Å². The Hall–Kier alpha value is -0.990. The fourth-order valence-electron chi connectivity index (χ4n) is 2.94. The Bertz CT molecular complexity index is 328. The third-order valence-corrected chi connectivity index (χ3v) is 3.53. The molecule has 2 atom stereocenters. The summed E-state index contributed by atoms with van der Waals surface area (Å²) in [5, 5.41) is 0. The third-order valence-electron chi connectivity index (χ3n) is 3.53. The molecular formula is C13H20O3. The Balaban J connectivity index is 2.84. The van der Waals surface area contributed by atoms with E-state index in [-0.39, 0.29) is 34.6 Å². The summed E-state index contributed by atoms with van der Waals surface area (Å²) in [6, 6.07) is 0. The highest BCUT2D eigenvalue weighted by atomic mass is 16.1. The zero-order chi connectivity index (χ0) is 12.5. The zero-order valence-corrected chi connectivity index (χ0v) is 10.5. The van der Waals surface area contributed by atoms with Crippen molar-refractivity contribution in [1.29, 1.82) is 0 Å². The van der Waals surface area contributed by atoms with Gasteiger partial charge in [0.25, 0.3) is 0 Å². The van der Waals surface area contributed by atoms with Crippen LogP contribution in [0.4, 0.5) is 0 Å². The van der Waals surface area contributed by atoms with Gasteiger partial charge in [-0.05, 0) is 25.7 Å². The van der Waals surface area contributed by atoms with Crippen molar-refractivity contribution in [2.24, 2.45) is 17.3 Å². The predicted molar refractivity (Wildman–Crippen MR) is 61.0 cm³/mol. The van der Waals surface area contributed by atoms with Gasteiger partial charge in [0.15, 0.2) is 0 Å². The Kier molecular flexibility index (Phi) is 3.66. The lowest BCUT2D eigenvalue weighted by Gasteiger charge is -2.27. The van der Waals surface area contributed by atoms with Gasteiger partial charge < -0.3 is 4.79 Å². The lowest BCUT2D eigenvalue weighted by atomic mass is 9.75. The van der Waals surface area contributed by atoms with Crippen LogP contribution < -0.4 is 0 Å². The lowest BCUT2D eigenvalue weighted by molar-refractivity contribution is -0.129. The molecule has 0 heterocycles. The van der Waals surface area contributed by atoms with Crippen molar-refractivity contribution >= 4 is 17.3 Å². The molecule has 0 aromatic heterocycles. The summed E-state index contributed by atoms with van der Waals surface area (Å²) >= 11 is 0. The molecule has 0 N–H and O–H groups in total. The SMILES string of the molecule is CC(=O)CCC1C(=O)CC(C)(C)C1C(C)=O. The average Bonchev–Trinajstić information content (AvgIpc) is 2.31. The molecule has 2 unspecified atom stereocenters. The summed E-state index contributed by atoms with van der Waals surface area (Å²) < 4.78 is 0. The summed E-state index contributed by atoms with van der Waals surface area (Å²) in [5.41, 5.74) is -0.246. The van der Waals surface area contributed by atoms with Crippen LogP contribution in [0.1, 0.15) is 47.0 Å². The molecular weight excluding hydrogens is 204 g/mol. The molecule has 0 aromatic rings. The van der Waals surface area contributed by atoms with Crippen molar-refractivity contribution in [3.05, 3.63) is 0 Å². The van der Waals surface area contributed by atoms with E-state index in [2.05, 4.69) is 0 Å². The van der Waals surface area contributed by atoms with Crippen LogP contribution in [0.3, 0.4) is 0 Å². The Morgan fingerprint density at radius 2 is 1.88 bits per heavy atom. The molecule has 0 spiro atoms. The summed E-state index contributed by atoms with van der Waals surface area (Å²) in [4.78, 5) is 34.4. The highest BCUT2D eigenvalue weighted by molar-refractivity contribution is 5.93. The molecule has 3 heteroatoms. The Morgan fingerprint density at radius 3 is 2.31 bits per heavy atom. The summed E-state index contributed by atoms with van der Waals surface area (Å²) in [6.07, 6.45) is 1.39. The van der Waals surface area contributed by atoms with E-state index in [1.165, 1.54) is 6.92 Å². The third kappa shape index (κ3) is 2.57. The molecule has 1 saturated carbocycles. The van der Waals surface area contributed by atoms with Gasteiger partial charge in [0.1, 0.15) is 17.3 Å². The van der Waals surface area contributed by atoms with Crippen LogP contribution in [0.15, 0.2) is 0 Å². The minimum atomic E-state index is -0.246. The summed E-state index contributed by atoms with van der Waals surface area (Å²) in [7, 11) is 0. The molecule has 1 fully saturated rings. The molecule has 1 aliphatic rings. The van der Waals surface area contributed by atoms with Crippen LogP contribution in [0, 0.1) is 17.3 Å². The second-order valence-electron chi connectivity index (χ2n) is 5.57. The fraction of sp³-hybridized carbons (Fsp3) is 0.769. The van der Waals surface area contributed by atoms with Crippen molar-refractivity contribution in [2.75, 3.05) is 0 Å². The van der Waals surface area contributed by atoms with Crippen LogP contribution in [0.5, 0.6) is 0 Å². The van der Waals surface area contributed by atoms with E-state index in [1.54, 1.807) is 6.92 Å². The zero-order valence-electron chi connectivity index (χ0n) is 10.5. The first-order valence-electron chi connectivity index (χ1n) is 5.78. The number of hydrogen-bond donors (Lipinski definition) is 0. The van der Waals surface area contributed by atoms with Gasteiger partial charge in [0.05, 0.1) is 0 Å². The molecule has 1 rings (SSSR count). The van der Waals surface area contributed by atoms with Crippen LogP contribution in [-0.2, 0) is 14.4 Å². The highest BCUT2D eigenvalue weighted by Gasteiger charge is 2.49. The summed E-state index contributed by atoms with van der Waals surface area (Å²) in [5.74, 6) is -0.147. The number of ketones is 3. The van der Waals surface area contributed by atoms with Crippen molar-refractivity contribution in [2.45, 2.75) is 47.0 Å². The number of Topliss-reactive ketones (excluding diaryl/α,β-unsaturated/α-hetero) is 3. The minimum Gasteiger partial charge on any atom is -0.300 e. The van der Waals surface area contributed by atoms with E-state index in [4.69, 9.17) is 0 Å². The first-order chi connectivity index (χ1) is 7.25. The van der Waals surface area contributed by atoms with E-state index >= 15 is 0 Å².